The van der Waals surface area contributed by atoms with Crippen molar-refractivity contribution in [3.8, 4) is 0 Å². The predicted octanol–water partition coefficient (Wildman–Crippen LogP) is 5.32. The van der Waals surface area contributed by atoms with Gasteiger partial charge in [-0.2, -0.15) is 0 Å². The first kappa shape index (κ1) is 22.6. The highest BCUT2D eigenvalue weighted by Gasteiger charge is 2.24. The van der Waals surface area contributed by atoms with Crippen LogP contribution in [0.4, 0.5) is 5.13 Å². The monoisotopic (exact) mass is 486 g/mol. The van der Waals surface area contributed by atoms with Crippen molar-refractivity contribution in [1.82, 2.24) is 4.98 Å². The number of hydrogen-bond donors (Lipinski definition) is 0. The minimum Gasteiger partial charge on any atom is -0.467 e. The molecular weight excluding hydrogens is 464 g/mol. The fraction of sp³-hybridized carbons (Fsp3) is 0.217. The second kappa shape index (κ2) is 9.48. The summed E-state index contributed by atoms with van der Waals surface area (Å²) in [5.41, 5.74) is 1.81. The van der Waals surface area contributed by atoms with Crippen LogP contribution in [-0.2, 0) is 21.2 Å². The molecule has 0 saturated carbocycles. The number of carbonyl (C=O) groups is 1. The topological polar surface area (TPSA) is 80.5 Å². The number of sulfone groups is 1. The first-order valence-corrected chi connectivity index (χ1v) is 13.6. The molecule has 0 saturated heterocycles. The molecule has 0 radical (unpaired) electrons. The lowest BCUT2D eigenvalue weighted by Gasteiger charge is -2.18. The zero-order valence-electron chi connectivity index (χ0n) is 17.6. The Balaban J connectivity index is 1.60. The number of hydrogen-bond acceptors (Lipinski definition) is 7. The lowest BCUT2D eigenvalue weighted by molar-refractivity contribution is -0.118. The molecule has 6 nitrogen and oxygen atoms in total. The summed E-state index contributed by atoms with van der Waals surface area (Å²) >= 11 is 3.00. The zero-order chi connectivity index (χ0) is 22.7. The number of para-hydroxylation sites is 1. The summed E-state index contributed by atoms with van der Waals surface area (Å²) in [7, 11) is -3.58. The maximum Gasteiger partial charge on any atom is 0.230 e. The molecule has 0 aliphatic rings. The van der Waals surface area contributed by atoms with Gasteiger partial charge in [0.15, 0.2) is 15.0 Å². The number of anilines is 1. The third-order valence-electron chi connectivity index (χ3n) is 4.98. The largest absolute Gasteiger partial charge is 0.467 e. The van der Waals surface area contributed by atoms with Gasteiger partial charge in [-0.15, -0.1) is 11.8 Å². The van der Waals surface area contributed by atoms with Gasteiger partial charge >= 0.3 is 0 Å². The van der Waals surface area contributed by atoms with Crippen molar-refractivity contribution in [2.75, 3.05) is 16.9 Å². The van der Waals surface area contributed by atoms with Crippen molar-refractivity contribution in [3.05, 3.63) is 72.2 Å². The molecule has 0 aliphatic heterocycles. The maximum absolute atomic E-state index is 13.2. The fourth-order valence-electron chi connectivity index (χ4n) is 3.23. The van der Waals surface area contributed by atoms with Gasteiger partial charge in [-0.1, -0.05) is 35.1 Å². The minimum absolute atomic E-state index is 0.151. The van der Waals surface area contributed by atoms with Crippen molar-refractivity contribution in [1.29, 1.82) is 0 Å². The molecule has 32 heavy (non-hydrogen) atoms. The molecule has 0 bridgehead atoms. The van der Waals surface area contributed by atoms with Gasteiger partial charge in [0.05, 0.1) is 33.7 Å². The highest BCUT2D eigenvalue weighted by molar-refractivity contribution is 7.98. The van der Waals surface area contributed by atoms with E-state index in [-0.39, 0.29) is 29.5 Å². The minimum atomic E-state index is -3.58. The van der Waals surface area contributed by atoms with E-state index in [9.17, 15) is 13.2 Å². The van der Waals surface area contributed by atoms with E-state index >= 15 is 0 Å². The number of thiazole rings is 1. The Morgan fingerprint density at radius 2 is 1.91 bits per heavy atom. The van der Waals surface area contributed by atoms with E-state index in [1.54, 1.807) is 54.4 Å². The van der Waals surface area contributed by atoms with Crippen LogP contribution in [0.15, 0.2) is 75.1 Å². The Morgan fingerprint density at radius 1 is 1.12 bits per heavy atom. The number of furan rings is 1. The third-order valence-corrected chi connectivity index (χ3v) is 8.53. The van der Waals surface area contributed by atoms with Gasteiger partial charge in [0.2, 0.25) is 5.91 Å². The van der Waals surface area contributed by atoms with E-state index < -0.39 is 9.84 Å². The highest BCUT2D eigenvalue weighted by atomic mass is 32.2. The summed E-state index contributed by atoms with van der Waals surface area (Å²) in [6.45, 7) is 2.08. The Kier molecular flexibility index (Phi) is 6.68. The molecule has 0 fully saturated rings. The average Bonchev–Trinajstić information content (AvgIpc) is 3.45. The molecule has 1 amide bonds. The lowest BCUT2D eigenvalue weighted by atomic mass is 10.2. The molecule has 4 aromatic rings. The molecule has 2 heterocycles. The highest BCUT2D eigenvalue weighted by Crippen LogP contribution is 2.35. The van der Waals surface area contributed by atoms with E-state index in [1.807, 2.05) is 31.4 Å². The van der Waals surface area contributed by atoms with E-state index in [0.717, 1.165) is 20.7 Å². The van der Waals surface area contributed by atoms with Gasteiger partial charge < -0.3 is 4.42 Å². The summed E-state index contributed by atoms with van der Waals surface area (Å²) in [6.07, 6.45) is 3.38. The molecule has 0 atom stereocenters. The SMILES string of the molecule is CSc1cccc2sc(N(Cc3ccco3)C(=O)CCS(=O)(=O)c3ccc(C)cc3)nc12. The van der Waals surface area contributed by atoms with E-state index in [2.05, 4.69) is 0 Å². The van der Waals surface area contributed by atoms with Crippen molar-refractivity contribution in [2.24, 2.45) is 0 Å². The van der Waals surface area contributed by atoms with Crippen LogP contribution in [0.25, 0.3) is 10.2 Å². The van der Waals surface area contributed by atoms with Gasteiger partial charge in [0.25, 0.3) is 0 Å². The number of thioether (sulfide) groups is 1. The van der Waals surface area contributed by atoms with Crippen LogP contribution in [0, 0.1) is 6.92 Å². The Bertz CT molecular complexity index is 1330. The fourth-order valence-corrected chi connectivity index (χ4v) is 6.10. The van der Waals surface area contributed by atoms with Crippen LogP contribution < -0.4 is 4.90 Å². The van der Waals surface area contributed by atoms with Crippen LogP contribution in [0.2, 0.25) is 0 Å². The van der Waals surface area contributed by atoms with Gasteiger partial charge in [0.1, 0.15) is 5.76 Å². The molecule has 0 unspecified atom stereocenters. The van der Waals surface area contributed by atoms with E-state index in [1.165, 1.54) is 16.2 Å². The van der Waals surface area contributed by atoms with Crippen molar-refractivity contribution >= 4 is 54.2 Å². The van der Waals surface area contributed by atoms with E-state index in [0.29, 0.717) is 10.9 Å². The molecule has 2 aromatic heterocycles. The van der Waals surface area contributed by atoms with E-state index in [4.69, 9.17) is 9.40 Å². The lowest BCUT2D eigenvalue weighted by Crippen LogP contribution is -2.31. The standard InChI is InChI=1S/C23H22N2O4S3/c1-16-8-10-18(11-9-16)32(27,28)14-12-21(26)25(15-17-5-4-13-29-17)23-24-22-19(30-2)6-3-7-20(22)31-23/h3-11,13H,12,14-15H2,1-2H3. The summed E-state index contributed by atoms with van der Waals surface area (Å²) in [6, 6.07) is 16.1. The molecule has 0 N–H and O–H groups in total. The Hall–Kier alpha value is -2.62. The summed E-state index contributed by atoms with van der Waals surface area (Å²) < 4.78 is 31.9. The first-order chi connectivity index (χ1) is 15.4. The quantitative estimate of drug-likeness (QED) is 0.314. The third kappa shape index (κ3) is 4.90. The molecule has 2 aromatic carbocycles. The average molecular weight is 487 g/mol. The number of carbonyl (C=O) groups excluding carboxylic acids is 1. The summed E-state index contributed by atoms with van der Waals surface area (Å²) in [4.78, 5) is 20.7. The number of fused-ring (bicyclic) bond motifs is 1. The van der Waals surface area contributed by atoms with Gasteiger partial charge in [0, 0.05) is 11.3 Å². The molecule has 9 heteroatoms. The molecule has 4 rings (SSSR count). The normalized spacial score (nSPS) is 11.7. The first-order valence-electron chi connectivity index (χ1n) is 9.93. The predicted molar refractivity (Wildman–Crippen MR) is 129 cm³/mol. The molecule has 166 valence electrons. The van der Waals surface area contributed by atoms with Gasteiger partial charge in [-0.25, -0.2) is 13.4 Å². The summed E-state index contributed by atoms with van der Waals surface area (Å²) in [5, 5.41) is 0.524. The molecule has 0 spiro atoms. The number of nitrogens with zero attached hydrogens (tertiary/aromatic N) is 2. The molecule has 0 aliphatic carbocycles. The number of rotatable bonds is 8. The van der Waals surface area contributed by atoms with Crippen LogP contribution in [-0.4, -0.2) is 31.3 Å². The van der Waals surface area contributed by atoms with Gasteiger partial charge in [-0.05, 0) is 49.6 Å². The maximum atomic E-state index is 13.2. The second-order valence-electron chi connectivity index (χ2n) is 7.24. The van der Waals surface area contributed by atoms with Gasteiger partial charge in [-0.3, -0.25) is 9.69 Å². The smallest absolute Gasteiger partial charge is 0.230 e. The number of amides is 1. The Morgan fingerprint density at radius 3 is 2.59 bits per heavy atom. The van der Waals surface area contributed by atoms with Crippen molar-refractivity contribution in [3.63, 3.8) is 0 Å². The van der Waals surface area contributed by atoms with Crippen LogP contribution in [0.3, 0.4) is 0 Å². The second-order valence-corrected chi connectivity index (χ2v) is 11.2. The van der Waals surface area contributed by atoms with Crippen LogP contribution in [0.1, 0.15) is 17.7 Å². The van der Waals surface area contributed by atoms with Crippen LogP contribution in [0.5, 0.6) is 0 Å². The molecular formula is C23H22N2O4S3. The summed E-state index contributed by atoms with van der Waals surface area (Å²) in [5.74, 6) is 0.00996. The Labute approximate surface area is 195 Å². The zero-order valence-corrected chi connectivity index (χ0v) is 20.1. The van der Waals surface area contributed by atoms with Crippen molar-refractivity contribution < 1.29 is 17.6 Å². The van der Waals surface area contributed by atoms with Crippen molar-refractivity contribution in [2.45, 2.75) is 29.7 Å². The number of aromatic nitrogens is 1. The number of aryl methyl sites for hydroxylation is 1. The number of benzene rings is 2. The van der Waals surface area contributed by atoms with Crippen LogP contribution >= 0.6 is 23.1 Å².